The molecule has 1 aliphatic heterocycles. The Bertz CT molecular complexity index is 1090. The highest BCUT2D eigenvalue weighted by molar-refractivity contribution is 6.14. The molecule has 38 heavy (non-hydrogen) atoms. The van der Waals surface area contributed by atoms with Gasteiger partial charge in [-0.3, -0.25) is 9.79 Å². The number of amides is 1. The van der Waals surface area contributed by atoms with Gasteiger partial charge in [-0.25, -0.2) is 0 Å². The highest BCUT2D eigenvalue weighted by Crippen LogP contribution is 2.34. The van der Waals surface area contributed by atoms with Crippen LogP contribution in [0.3, 0.4) is 0 Å². The minimum atomic E-state index is -4.55. The predicted molar refractivity (Wildman–Crippen MR) is 143 cm³/mol. The molecule has 210 valence electrons. The molecule has 3 N–H and O–H groups in total. The number of carbonyl (C=O) groups excluding carboxylic acids is 1. The molecule has 1 aliphatic carbocycles. The summed E-state index contributed by atoms with van der Waals surface area (Å²) in [5.41, 5.74) is 2.37. The first kappa shape index (κ1) is 29.7. The second-order valence-corrected chi connectivity index (χ2v) is 10.5. The fraction of sp³-hybridized carbons (Fsp3) is 0.586. The van der Waals surface area contributed by atoms with Crippen molar-refractivity contribution in [3.05, 3.63) is 52.2 Å². The Hall–Kier alpha value is -2.81. The van der Waals surface area contributed by atoms with E-state index in [-0.39, 0.29) is 23.4 Å². The van der Waals surface area contributed by atoms with Crippen LogP contribution in [0.5, 0.6) is 5.75 Å². The molecule has 0 aromatic heterocycles. The zero-order chi connectivity index (χ0) is 28.0. The van der Waals surface area contributed by atoms with E-state index in [1.165, 1.54) is 6.07 Å². The topological polar surface area (TPSA) is 85.2 Å². The first-order valence-electron chi connectivity index (χ1n) is 13.4. The minimum Gasteiger partial charge on any atom is -0.507 e. The number of nitrogens with one attached hydrogen (secondary N) is 1. The number of rotatable bonds is 7. The number of hydrogen-bond donors (Lipinski definition) is 3. The summed E-state index contributed by atoms with van der Waals surface area (Å²) in [7, 11) is 1.54. The van der Waals surface area contributed by atoms with E-state index in [4.69, 9.17) is 0 Å². The molecular formula is C29H40F3N3O3. The Morgan fingerprint density at radius 1 is 1.21 bits per heavy atom. The van der Waals surface area contributed by atoms with Crippen molar-refractivity contribution in [1.82, 2.24) is 10.2 Å². The lowest BCUT2D eigenvalue weighted by atomic mass is 9.86. The largest absolute Gasteiger partial charge is 0.507 e. The molecule has 9 heteroatoms. The lowest BCUT2D eigenvalue weighted by molar-refractivity contribution is -0.139. The summed E-state index contributed by atoms with van der Waals surface area (Å²) in [5.74, 6) is -0.474. The number of carbonyl (C=O) groups is 1. The number of aliphatic imine (C=N–C) groups is 1. The lowest BCUT2D eigenvalue weighted by Crippen LogP contribution is -2.50. The van der Waals surface area contributed by atoms with E-state index in [9.17, 15) is 28.2 Å². The fourth-order valence-electron chi connectivity index (χ4n) is 5.34. The molecule has 0 radical (unpaired) electrons. The maximum Gasteiger partial charge on any atom is 0.416 e. The highest BCUT2D eigenvalue weighted by Gasteiger charge is 2.33. The van der Waals surface area contributed by atoms with Crippen molar-refractivity contribution in [2.75, 3.05) is 20.1 Å². The number of hydrogen-bond acceptors (Lipinski definition) is 5. The number of nitrogens with zero attached hydrogens (tertiary/aromatic N) is 2. The van der Waals surface area contributed by atoms with Gasteiger partial charge in [0.05, 0.1) is 17.4 Å². The third-order valence-corrected chi connectivity index (χ3v) is 7.62. The summed E-state index contributed by atoms with van der Waals surface area (Å²) in [6.45, 7) is 7.16. The number of aliphatic hydroxyl groups excluding tert-OH is 1. The molecule has 1 aromatic rings. The van der Waals surface area contributed by atoms with Crippen molar-refractivity contribution >= 4 is 11.6 Å². The normalized spacial score (nSPS) is 24.2. The molecule has 1 saturated carbocycles. The average Bonchev–Trinajstić information content (AvgIpc) is 2.88. The maximum atomic E-state index is 13.2. The molecule has 0 spiro atoms. The second-order valence-electron chi connectivity index (χ2n) is 10.5. The first-order valence-corrected chi connectivity index (χ1v) is 13.4. The number of allylic oxidation sites excluding steroid dienone is 3. The third kappa shape index (κ3) is 7.40. The smallest absolute Gasteiger partial charge is 0.416 e. The molecule has 2 fully saturated rings. The molecule has 0 bridgehead atoms. The highest BCUT2D eigenvalue weighted by atomic mass is 19.4. The van der Waals surface area contributed by atoms with Crippen LogP contribution in [0.1, 0.15) is 76.8 Å². The third-order valence-electron chi connectivity index (χ3n) is 7.62. The van der Waals surface area contributed by atoms with E-state index in [0.717, 1.165) is 61.9 Å². The van der Waals surface area contributed by atoms with E-state index in [1.807, 2.05) is 31.7 Å². The number of halogens is 3. The second kappa shape index (κ2) is 12.8. The van der Waals surface area contributed by atoms with Gasteiger partial charge in [0.15, 0.2) is 0 Å². The molecule has 1 saturated heterocycles. The SMILES string of the molecule is CC/C(C)=C(/C=C(C)\C(=N/C)c1ccc(C(F)(F)F)cc1O)NC1CCCN(C(=O)C2CCCC(O)C2)C1. The Morgan fingerprint density at radius 3 is 2.55 bits per heavy atom. The number of phenolic OH excluding ortho intramolecular Hbond substituents is 1. The molecule has 3 unspecified atom stereocenters. The average molecular weight is 536 g/mol. The summed E-state index contributed by atoms with van der Waals surface area (Å²) < 4.78 is 39.2. The number of alkyl halides is 3. The molecule has 2 aliphatic rings. The Labute approximate surface area is 223 Å². The molecule has 6 nitrogen and oxygen atoms in total. The van der Waals surface area contributed by atoms with E-state index in [0.29, 0.717) is 30.8 Å². The van der Waals surface area contributed by atoms with Crippen LogP contribution in [0.15, 0.2) is 46.1 Å². The number of phenols is 1. The van der Waals surface area contributed by atoms with E-state index >= 15 is 0 Å². The summed E-state index contributed by atoms with van der Waals surface area (Å²) in [4.78, 5) is 19.3. The van der Waals surface area contributed by atoms with Gasteiger partial charge >= 0.3 is 6.18 Å². The number of aliphatic hydroxyl groups is 1. The van der Waals surface area contributed by atoms with Crippen LogP contribution in [-0.2, 0) is 11.0 Å². The van der Waals surface area contributed by atoms with Gasteiger partial charge in [0.1, 0.15) is 5.75 Å². The zero-order valence-electron chi connectivity index (χ0n) is 22.7. The monoisotopic (exact) mass is 535 g/mol. The van der Waals surface area contributed by atoms with Crippen LogP contribution in [0.25, 0.3) is 0 Å². The Balaban J connectivity index is 1.78. The van der Waals surface area contributed by atoms with Crippen molar-refractivity contribution in [3.8, 4) is 5.75 Å². The van der Waals surface area contributed by atoms with Gasteiger partial charge in [-0.15, -0.1) is 0 Å². The Kier molecular flexibility index (Phi) is 10.0. The molecule has 1 amide bonds. The molecule has 3 atom stereocenters. The van der Waals surface area contributed by atoms with Crippen molar-refractivity contribution in [2.24, 2.45) is 10.9 Å². The summed E-state index contributed by atoms with van der Waals surface area (Å²) in [6.07, 6.45) is 2.52. The van der Waals surface area contributed by atoms with Gasteiger partial charge < -0.3 is 20.4 Å². The molecular weight excluding hydrogens is 495 g/mol. The van der Waals surface area contributed by atoms with Crippen LogP contribution < -0.4 is 5.32 Å². The molecule has 1 heterocycles. The van der Waals surface area contributed by atoms with Crippen molar-refractivity contribution in [3.63, 3.8) is 0 Å². The van der Waals surface area contributed by atoms with Crippen molar-refractivity contribution in [1.29, 1.82) is 0 Å². The van der Waals surface area contributed by atoms with Gasteiger partial charge in [-0.1, -0.05) is 18.9 Å². The van der Waals surface area contributed by atoms with Gasteiger partial charge in [0.2, 0.25) is 5.91 Å². The molecule has 3 rings (SSSR count). The standard InChI is InChI=1S/C29H40F3N3O3/c1-5-18(2)25(14-19(3)27(33-4)24-12-11-21(16-26(24)37)29(30,31)32)34-22-9-7-13-35(17-22)28(38)20-8-6-10-23(36)15-20/h11-12,14,16,20,22-23,34,36-37H,5-10,13,15,17H2,1-4H3/b19-14-,25-18-,33-27+. The molecule has 1 aromatic carbocycles. The maximum absolute atomic E-state index is 13.2. The predicted octanol–water partition coefficient (Wildman–Crippen LogP) is 5.59. The first-order chi connectivity index (χ1) is 17.9. The van der Waals surface area contributed by atoms with Crippen molar-refractivity contribution < 1.29 is 28.2 Å². The van der Waals surface area contributed by atoms with Crippen molar-refractivity contribution in [2.45, 2.75) is 84.0 Å². The summed E-state index contributed by atoms with van der Waals surface area (Å²) in [5, 5.41) is 24.0. The lowest BCUT2D eigenvalue weighted by Gasteiger charge is -2.37. The van der Waals surface area contributed by atoms with Crippen LogP contribution in [0.2, 0.25) is 0 Å². The number of aromatic hydroxyl groups is 1. The van der Waals surface area contributed by atoms with Crippen LogP contribution in [0.4, 0.5) is 13.2 Å². The van der Waals surface area contributed by atoms with Gasteiger partial charge in [0.25, 0.3) is 0 Å². The number of benzene rings is 1. The van der Waals surface area contributed by atoms with Gasteiger partial charge in [-0.05, 0) is 82.2 Å². The van der Waals surface area contributed by atoms with Crippen LogP contribution in [-0.4, -0.2) is 59.0 Å². The van der Waals surface area contributed by atoms with Crippen LogP contribution in [0, 0.1) is 5.92 Å². The van der Waals surface area contributed by atoms with E-state index in [2.05, 4.69) is 10.3 Å². The van der Waals surface area contributed by atoms with Crippen LogP contribution >= 0.6 is 0 Å². The zero-order valence-corrected chi connectivity index (χ0v) is 22.7. The summed E-state index contributed by atoms with van der Waals surface area (Å²) >= 11 is 0. The minimum absolute atomic E-state index is 0.0447. The quantitative estimate of drug-likeness (QED) is 0.314. The van der Waals surface area contributed by atoms with E-state index < -0.39 is 23.6 Å². The summed E-state index contributed by atoms with van der Waals surface area (Å²) in [6, 6.07) is 2.95. The van der Waals surface area contributed by atoms with E-state index in [1.54, 1.807) is 7.05 Å². The van der Waals surface area contributed by atoms with Gasteiger partial charge in [-0.2, -0.15) is 13.2 Å². The fourth-order valence-corrected chi connectivity index (χ4v) is 5.34. The van der Waals surface area contributed by atoms with Gasteiger partial charge in [0, 0.05) is 43.4 Å². The number of likely N-dealkylation sites (tertiary alicyclic amines) is 1. The Morgan fingerprint density at radius 2 is 1.95 bits per heavy atom. The number of piperidine rings is 1.